The maximum Gasteiger partial charge on any atom is 0.150 e. The summed E-state index contributed by atoms with van der Waals surface area (Å²) in [5, 5.41) is 8.85. The molecule has 2 atom stereocenters. The topological polar surface area (TPSA) is 64.9 Å². The second kappa shape index (κ2) is 6.21. The van der Waals surface area contributed by atoms with Crippen molar-refractivity contribution in [2.24, 2.45) is 0 Å². The van der Waals surface area contributed by atoms with Gasteiger partial charge in [-0.2, -0.15) is 5.26 Å². The highest BCUT2D eigenvalue weighted by atomic mass is 19.1. The van der Waals surface area contributed by atoms with Gasteiger partial charge in [0.1, 0.15) is 11.5 Å². The number of methoxy groups -OCH3 is 1. The number of anilines is 1. The average Bonchev–Trinajstić information content (AvgIpc) is 3.10. The first-order valence-electron chi connectivity index (χ1n) is 7.66. The minimum Gasteiger partial charge on any atom is -0.380 e. The van der Waals surface area contributed by atoms with Crippen LogP contribution in [0.1, 0.15) is 35.2 Å². The fourth-order valence-electron chi connectivity index (χ4n) is 3.11. The van der Waals surface area contributed by atoms with Crippen molar-refractivity contribution in [3.05, 3.63) is 46.5 Å². The Hall–Kier alpha value is -2.46. The lowest BCUT2D eigenvalue weighted by molar-refractivity contribution is 0.118. The van der Waals surface area contributed by atoms with Gasteiger partial charge in [-0.15, -0.1) is 0 Å². The minimum absolute atomic E-state index is 0.0440. The fraction of sp³-hybridized carbons (Fsp3) is 0.412. The Morgan fingerprint density at radius 2 is 2.00 bits per heavy atom. The summed E-state index contributed by atoms with van der Waals surface area (Å²) in [6, 6.07) is 3.54. The molecule has 1 aliphatic rings. The van der Waals surface area contributed by atoms with Gasteiger partial charge in [0.15, 0.2) is 11.6 Å². The number of aryl methyl sites for hydroxylation is 2. The van der Waals surface area contributed by atoms with Crippen molar-refractivity contribution in [1.29, 1.82) is 5.26 Å². The van der Waals surface area contributed by atoms with Crippen LogP contribution in [0.2, 0.25) is 0 Å². The predicted octanol–water partition coefficient (Wildman–Crippen LogP) is 3.14. The summed E-state index contributed by atoms with van der Waals surface area (Å²) in [7, 11) is 1.58. The van der Waals surface area contributed by atoms with Crippen molar-refractivity contribution in [3.63, 3.8) is 0 Å². The zero-order valence-corrected chi connectivity index (χ0v) is 13.7. The number of H-pyrrole nitrogens is 1. The molecule has 0 aliphatic carbocycles. The SMILES string of the molecule is CO[C@@H]1C[C@@H](c2nc(C)c(C)[nH]2)N(c2c(F)cc(C#N)cc2F)C1. The van der Waals surface area contributed by atoms with Gasteiger partial charge in [-0.3, -0.25) is 0 Å². The number of benzene rings is 1. The zero-order valence-electron chi connectivity index (χ0n) is 13.7. The van der Waals surface area contributed by atoms with Gasteiger partial charge in [0.25, 0.3) is 0 Å². The van der Waals surface area contributed by atoms with Gasteiger partial charge in [-0.05, 0) is 26.0 Å². The van der Waals surface area contributed by atoms with Crippen LogP contribution in [-0.4, -0.2) is 29.7 Å². The minimum atomic E-state index is -0.756. The van der Waals surface area contributed by atoms with Crippen LogP contribution in [0, 0.1) is 36.8 Å². The molecule has 126 valence electrons. The monoisotopic (exact) mass is 332 g/mol. The molecule has 2 heterocycles. The number of aromatic nitrogens is 2. The number of nitrogens with zero attached hydrogens (tertiary/aromatic N) is 3. The van der Waals surface area contributed by atoms with Gasteiger partial charge < -0.3 is 14.6 Å². The molecule has 1 aromatic carbocycles. The van der Waals surface area contributed by atoms with E-state index in [0.29, 0.717) is 18.8 Å². The number of aromatic amines is 1. The van der Waals surface area contributed by atoms with E-state index in [1.165, 1.54) is 0 Å². The van der Waals surface area contributed by atoms with Crippen molar-refractivity contribution < 1.29 is 13.5 Å². The molecule has 1 aliphatic heterocycles. The van der Waals surface area contributed by atoms with Crippen LogP contribution in [0.3, 0.4) is 0 Å². The van der Waals surface area contributed by atoms with Crippen molar-refractivity contribution >= 4 is 5.69 Å². The van der Waals surface area contributed by atoms with E-state index in [1.807, 2.05) is 13.8 Å². The van der Waals surface area contributed by atoms with Crippen LogP contribution in [-0.2, 0) is 4.74 Å². The molecular formula is C17H18F2N4O. The van der Waals surface area contributed by atoms with E-state index in [9.17, 15) is 8.78 Å². The Labute approximate surface area is 138 Å². The number of hydrogen-bond donors (Lipinski definition) is 1. The molecular weight excluding hydrogens is 314 g/mol. The molecule has 0 spiro atoms. The molecule has 5 nitrogen and oxygen atoms in total. The Kier molecular flexibility index (Phi) is 4.24. The van der Waals surface area contributed by atoms with E-state index in [0.717, 1.165) is 23.5 Å². The quantitative estimate of drug-likeness (QED) is 0.938. The zero-order chi connectivity index (χ0) is 17.4. The van der Waals surface area contributed by atoms with E-state index in [4.69, 9.17) is 10.00 Å². The van der Waals surface area contributed by atoms with Crippen LogP contribution in [0.25, 0.3) is 0 Å². The first-order valence-corrected chi connectivity index (χ1v) is 7.66. The van der Waals surface area contributed by atoms with Crippen LogP contribution in [0.4, 0.5) is 14.5 Å². The standard InChI is InChI=1S/C17H18F2N4O/c1-9-10(2)22-17(21-9)15-6-12(24-3)8-23(15)16-13(18)4-11(7-20)5-14(16)19/h4-5,12,15H,6,8H2,1-3H3,(H,21,22)/t12-,15+/m1/s1. The Balaban J connectivity index is 2.05. The summed E-state index contributed by atoms with van der Waals surface area (Å²) in [4.78, 5) is 9.29. The van der Waals surface area contributed by atoms with E-state index in [-0.39, 0.29) is 23.4 Å². The summed E-state index contributed by atoms with van der Waals surface area (Å²) in [6.07, 6.45) is 0.414. The molecule has 0 saturated carbocycles. The van der Waals surface area contributed by atoms with Crippen molar-refractivity contribution in [1.82, 2.24) is 9.97 Å². The molecule has 1 saturated heterocycles. The number of halogens is 2. The molecule has 0 radical (unpaired) electrons. The second-order valence-electron chi connectivity index (χ2n) is 5.99. The number of rotatable bonds is 3. The molecule has 0 amide bonds. The summed E-state index contributed by atoms with van der Waals surface area (Å²) in [6.45, 7) is 4.13. The number of hydrogen-bond acceptors (Lipinski definition) is 4. The van der Waals surface area contributed by atoms with Gasteiger partial charge in [-0.25, -0.2) is 13.8 Å². The summed E-state index contributed by atoms with van der Waals surface area (Å²) >= 11 is 0. The van der Waals surface area contributed by atoms with Crippen molar-refractivity contribution in [2.45, 2.75) is 32.4 Å². The van der Waals surface area contributed by atoms with Gasteiger partial charge >= 0.3 is 0 Å². The number of imidazole rings is 1. The number of nitrogens with one attached hydrogen (secondary N) is 1. The third-order valence-electron chi connectivity index (χ3n) is 4.49. The van der Waals surface area contributed by atoms with Crippen molar-refractivity contribution in [3.8, 4) is 6.07 Å². The Morgan fingerprint density at radius 1 is 1.33 bits per heavy atom. The maximum atomic E-state index is 14.5. The van der Waals surface area contributed by atoms with Gasteiger partial charge in [0, 0.05) is 25.8 Å². The van der Waals surface area contributed by atoms with Gasteiger partial charge in [-0.1, -0.05) is 0 Å². The normalized spacial score (nSPS) is 20.4. The van der Waals surface area contributed by atoms with Crippen LogP contribution in [0.15, 0.2) is 12.1 Å². The van der Waals surface area contributed by atoms with Gasteiger partial charge in [0.2, 0.25) is 0 Å². The highest BCUT2D eigenvalue weighted by Crippen LogP contribution is 2.39. The summed E-state index contributed by atoms with van der Waals surface area (Å²) in [5.74, 6) is -0.852. The first-order chi connectivity index (χ1) is 11.4. The third-order valence-corrected chi connectivity index (χ3v) is 4.49. The molecule has 1 fully saturated rings. The molecule has 1 aromatic heterocycles. The molecule has 2 aromatic rings. The Bertz CT molecular complexity index is 769. The smallest absolute Gasteiger partial charge is 0.150 e. The lowest BCUT2D eigenvalue weighted by Crippen LogP contribution is -2.27. The number of nitriles is 1. The van der Waals surface area contributed by atoms with E-state index >= 15 is 0 Å². The molecule has 7 heteroatoms. The van der Waals surface area contributed by atoms with Crippen LogP contribution >= 0.6 is 0 Å². The summed E-state index contributed by atoms with van der Waals surface area (Å²) in [5.41, 5.74) is 1.58. The fourth-order valence-corrected chi connectivity index (χ4v) is 3.11. The molecule has 0 unspecified atom stereocenters. The van der Waals surface area contributed by atoms with Crippen molar-refractivity contribution in [2.75, 3.05) is 18.6 Å². The largest absolute Gasteiger partial charge is 0.380 e. The van der Waals surface area contributed by atoms with E-state index in [2.05, 4.69) is 9.97 Å². The molecule has 24 heavy (non-hydrogen) atoms. The Morgan fingerprint density at radius 3 is 2.50 bits per heavy atom. The summed E-state index contributed by atoms with van der Waals surface area (Å²) < 4.78 is 34.3. The lowest BCUT2D eigenvalue weighted by Gasteiger charge is -2.26. The highest BCUT2D eigenvalue weighted by molar-refractivity contribution is 5.55. The highest BCUT2D eigenvalue weighted by Gasteiger charge is 2.38. The van der Waals surface area contributed by atoms with E-state index < -0.39 is 11.6 Å². The maximum absolute atomic E-state index is 14.5. The van der Waals surface area contributed by atoms with E-state index in [1.54, 1.807) is 18.1 Å². The van der Waals surface area contributed by atoms with Crippen LogP contribution < -0.4 is 4.90 Å². The lowest BCUT2D eigenvalue weighted by atomic mass is 10.1. The molecule has 0 bridgehead atoms. The third kappa shape index (κ3) is 2.74. The molecule has 1 N–H and O–H groups in total. The predicted molar refractivity (Wildman–Crippen MR) is 84.6 cm³/mol. The average molecular weight is 332 g/mol. The van der Waals surface area contributed by atoms with Crippen LogP contribution in [0.5, 0.6) is 0 Å². The second-order valence-corrected chi connectivity index (χ2v) is 5.99. The number of ether oxygens (including phenoxy) is 1. The first kappa shape index (κ1) is 16.4. The van der Waals surface area contributed by atoms with Gasteiger partial charge in [0.05, 0.1) is 29.5 Å². The molecule has 3 rings (SSSR count).